The third kappa shape index (κ3) is 5.10. The van der Waals surface area contributed by atoms with Crippen molar-refractivity contribution < 1.29 is 4.74 Å². The van der Waals surface area contributed by atoms with Gasteiger partial charge in [0.2, 0.25) is 0 Å². The van der Waals surface area contributed by atoms with Crippen LogP contribution in [0, 0.1) is 0 Å². The Labute approximate surface area is 185 Å². The van der Waals surface area contributed by atoms with Gasteiger partial charge in [-0.15, -0.1) is 0 Å². The third-order valence-electron chi connectivity index (χ3n) is 5.53. The molecular formula is C29H29NO. The third-order valence-corrected chi connectivity index (χ3v) is 5.53. The summed E-state index contributed by atoms with van der Waals surface area (Å²) in [6, 6.07) is 29.8. The van der Waals surface area contributed by atoms with Gasteiger partial charge in [-0.05, 0) is 44.9 Å². The van der Waals surface area contributed by atoms with Crippen molar-refractivity contribution in [2.24, 2.45) is 0 Å². The van der Waals surface area contributed by atoms with Crippen LogP contribution in [0.5, 0.6) is 0 Å². The largest absolute Gasteiger partial charge is 0.372 e. The van der Waals surface area contributed by atoms with E-state index >= 15 is 0 Å². The predicted molar refractivity (Wildman–Crippen MR) is 129 cm³/mol. The highest BCUT2D eigenvalue weighted by Gasteiger charge is 2.14. The first-order valence-corrected chi connectivity index (χ1v) is 10.8. The first kappa shape index (κ1) is 21.0. The molecule has 0 atom stereocenters. The van der Waals surface area contributed by atoms with Gasteiger partial charge in [-0.2, -0.15) is 0 Å². The van der Waals surface area contributed by atoms with Crippen molar-refractivity contribution in [1.82, 2.24) is 4.98 Å². The summed E-state index contributed by atoms with van der Waals surface area (Å²) in [6.07, 6.45) is 3.74. The molecule has 0 amide bonds. The Bertz CT molecular complexity index is 1110. The number of ether oxygens (including phenoxy) is 1. The van der Waals surface area contributed by atoms with Gasteiger partial charge in [0, 0.05) is 18.0 Å². The molecule has 1 aromatic heterocycles. The molecular weight excluding hydrogens is 378 g/mol. The first-order valence-electron chi connectivity index (χ1n) is 10.8. The van der Waals surface area contributed by atoms with Crippen molar-refractivity contribution in [1.29, 1.82) is 0 Å². The summed E-state index contributed by atoms with van der Waals surface area (Å²) in [5.74, 6) is 0. The van der Waals surface area contributed by atoms with E-state index in [1.807, 2.05) is 24.5 Å². The van der Waals surface area contributed by atoms with E-state index in [1.54, 1.807) is 0 Å². The van der Waals surface area contributed by atoms with Crippen molar-refractivity contribution in [2.75, 3.05) is 0 Å². The summed E-state index contributed by atoms with van der Waals surface area (Å²) in [4.78, 5) is 4.35. The Morgan fingerprint density at radius 1 is 0.710 bits per heavy atom. The minimum Gasteiger partial charge on any atom is -0.372 e. The van der Waals surface area contributed by atoms with Gasteiger partial charge in [0.15, 0.2) is 0 Å². The van der Waals surface area contributed by atoms with Crippen molar-refractivity contribution in [2.45, 2.75) is 39.4 Å². The standard InChI is InChI=1S/C29H29NO/c1-29(2,3)26-16-14-22(15-17-26)20-31-21-25-11-7-13-27(23-9-5-4-6-10-23)28(25)24-12-8-18-30-19-24/h4-19H,20-21H2,1-3H3. The average molecular weight is 408 g/mol. The average Bonchev–Trinajstić information content (AvgIpc) is 2.80. The summed E-state index contributed by atoms with van der Waals surface area (Å²) in [6.45, 7) is 7.84. The van der Waals surface area contributed by atoms with E-state index < -0.39 is 0 Å². The van der Waals surface area contributed by atoms with Gasteiger partial charge in [-0.3, -0.25) is 4.98 Å². The predicted octanol–water partition coefficient (Wildman–Crippen LogP) is 7.43. The first-order chi connectivity index (χ1) is 15.0. The van der Waals surface area contributed by atoms with Crippen LogP contribution < -0.4 is 0 Å². The number of hydrogen-bond acceptors (Lipinski definition) is 2. The lowest BCUT2D eigenvalue weighted by Crippen LogP contribution is -2.10. The summed E-state index contributed by atoms with van der Waals surface area (Å²) in [7, 11) is 0. The highest BCUT2D eigenvalue weighted by Crippen LogP contribution is 2.35. The molecule has 4 aromatic rings. The van der Waals surface area contributed by atoms with Crippen LogP contribution in [-0.2, 0) is 23.4 Å². The second-order valence-corrected chi connectivity index (χ2v) is 8.89. The molecule has 1 heterocycles. The molecule has 0 fully saturated rings. The van der Waals surface area contributed by atoms with E-state index in [0.29, 0.717) is 13.2 Å². The van der Waals surface area contributed by atoms with Crippen LogP contribution in [0.4, 0.5) is 0 Å². The number of hydrogen-bond donors (Lipinski definition) is 0. The van der Waals surface area contributed by atoms with Crippen LogP contribution in [0.1, 0.15) is 37.5 Å². The van der Waals surface area contributed by atoms with Gasteiger partial charge in [0.05, 0.1) is 13.2 Å². The second-order valence-electron chi connectivity index (χ2n) is 8.89. The van der Waals surface area contributed by atoms with Crippen molar-refractivity contribution in [3.05, 3.63) is 114 Å². The van der Waals surface area contributed by atoms with Gasteiger partial charge in [-0.1, -0.05) is 99.6 Å². The highest BCUT2D eigenvalue weighted by molar-refractivity contribution is 5.85. The highest BCUT2D eigenvalue weighted by atomic mass is 16.5. The zero-order valence-electron chi connectivity index (χ0n) is 18.5. The maximum Gasteiger partial charge on any atom is 0.0727 e. The van der Waals surface area contributed by atoms with E-state index in [1.165, 1.54) is 33.4 Å². The van der Waals surface area contributed by atoms with Crippen molar-refractivity contribution in [3.63, 3.8) is 0 Å². The summed E-state index contributed by atoms with van der Waals surface area (Å²) in [5.41, 5.74) is 8.54. The maximum absolute atomic E-state index is 6.16. The van der Waals surface area contributed by atoms with Crippen LogP contribution >= 0.6 is 0 Å². The fourth-order valence-corrected chi connectivity index (χ4v) is 3.81. The number of pyridine rings is 1. The Balaban J connectivity index is 1.58. The number of nitrogens with zero attached hydrogens (tertiary/aromatic N) is 1. The van der Waals surface area contributed by atoms with Crippen LogP contribution in [0.15, 0.2) is 97.3 Å². The Morgan fingerprint density at radius 2 is 1.45 bits per heavy atom. The van der Waals surface area contributed by atoms with Gasteiger partial charge in [0.1, 0.15) is 0 Å². The Kier molecular flexibility index (Phi) is 6.29. The van der Waals surface area contributed by atoms with Gasteiger partial charge in [0.25, 0.3) is 0 Å². The molecule has 0 unspecified atom stereocenters. The quantitative estimate of drug-likeness (QED) is 0.331. The molecule has 3 aromatic carbocycles. The smallest absolute Gasteiger partial charge is 0.0727 e. The van der Waals surface area contributed by atoms with Crippen molar-refractivity contribution in [3.8, 4) is 22.3 Å². The molecule has 2 nitrogen and oxygen atoms in total. The van der Waals surface area contributed by atoms with Crippen LogP contribution in [0.3, 0.4) is 0 Å². The summed E-state index contributed by atoms with van der Waals surface area (Å²) in [5, 5.41) is 0. The molecule has 0 aliphatic carbocycles. The minimum atomic E-state index is 0.163. The Morgan fingerprint density at radius 3 is 2.13 bits per heavy atom. The monoisotopic (exact) mass is 407 g/mol. The minimum absolute atomic E-state index is 0.163. The number of aromatic nitrogens is 1. The van der Waals surface area contributed by atoms with Gasteiger partial charge >= 0.3 is 0 Å². The molecule has 0 saturated carbocycles. The van der Waals surface area contributed by atoms with E-state index in [4.69, 9.17) is 4.74 Å². The molecule has 0 spiro atoms. The number of benzene rings is 3. The fourth-order valence-electron chi connectivity index (χ4n) is 3.81. The van der Waals surface area contributed by atoms with Crippen LogP contribution in [0.25, 0.3) is 22.3 Å². The molecule has 0 saturated heterocycles. The lowest BCUT2D eigenvalue weighted by molar-refractivity contribution is 0.107. The topological polar surface area (TPSA) is 22.1 Å². The fraction of sp³-hybridized carbons (Fsp3) is 0.207. The molecule has 0 N–H and O–H groups in total. The zero-order valence-corrected chi connectivity index (χ0v) is 18.5. The molecule has 0 aliphatic heterocycles. The summed E-state index contributed by atoms with van der Waals surface area (Å²) >= 11 is 0. The van der Waals surface area contributed by atoms with Crippen LogP contribution in [0.2, 0.25) is 0 Å². The van der Waals surface area contributed by atoms with Crippen LogP contribution in [-0.4, -0.2) is 4.98 Å². The lowest BCUT2D eigenvalue weighted by Gasteiger charge is -2.19. The second kappa shape index (κ2) is 9.28. The maximum atomic E-state index is 6.16. The van der Waals surface area contributed by atoms with E-state index in [2.05, 4.69) is 98.6 Å². The number of rotatable bonds is 6. The zero-order chi connectivity index (χ0) is 21.7. The summed E-state index contributed by atoms with van der Waals surface area (Å²) < 4.78 is 6.16. The molecule has 0 radical (unpaired) electrons. The molecule has 156 valence electrons. The molecule has 0 aliphatic rings. The lowest BCUT2D eigenvalue weighted by atomic mass is 9.87. The molecule has 31 heavy (non-hydrogen) atoms. The van der Waals surface area contributed by atoms with E-state index in [-0.39, 0.29) is 5.41 Å². The van der Waals surface area contributed by atoms with E-state index in [0.717, 1.165) is 5.56 Å². The van der Waals surface area contributed by atoms with Gasteiger partial charge < -0.3 is 4.74 Å². The SMILES string of the molecule is CC(C)(C)c1ccc(COCc2cccc(-c3ccccc3)c2-c2cccnc2)cc1. The van der Waals surface area contributed by atoms with E-state index in [9.17, 15) is 0 Å². The van der Waals surface area contributed by atoms with Crippen molar-refractivity contribution >= 4 is 0 Å². The molecule has 2 heteroatoms. The molecule has 4 rings (SSSR count). The van der Waals surface area contributed by atoms with Gasteiger partial charge in [-0.25, -0.2) is 0 Å². The Hall–Kier alpha value is -3.23. The normalized spacial score (nSPS) is 11.5. The molecule has 0 bridgehead atoms.